The molecule has 0 fully saturated rings. The van der Waals surface area contributed by atoms with Crippen molar-refractivity contribution >= 4 is 32.3 Å². The highest BCUT2D eigenvalue weighted by molar-refractivity contribution is 6.17. The van der Waals surface area contributed by atoms with Crippen molar-refractivity contribution < 1.29 is 0 Å². The largest absolute Gasteiger partial charge is 0.0616 e. The second kappa shape index (κ2) is 5.46. The predicted molar refractivity (Wildman–Crippen MR) is 109 cm³/mol. The Morgan fingerprint density at radius 3 is 2.00 bits per heavy atom. The SMILES string of the molecule is Cc1ccc(-c2cccc3ccc4cc5ccccc5cc4c23)cc1. The highest BCUT2D eigenvalue weighted by Crippen LogP contribution is 2.36. The summed E-state index contributed by atoms with van der Waals surface area (Å²) >= 11 is 0. The maximum Gasteiger partial charge on any atom is -0.00266 e. The standard InChI is InChI=1S/C25H18/c1-17-9-11-18(12-10-17)23-8-4-7-19-13-14-22-15-20-5-2-3-6-21(20)16-24(22)25(19)23/h2-16H,1H3. The molecule has 0 aliphatic carbocycles. The van der Waals surface area contributed by atoms with Gasteiger partial charge < -0.3 is 0 Å². The minimum absolute atomic E-state index is 1.27. The lowest BCUT2D eigenvalue weighted by Crippen LogP contribution is -1.85. The highest BCUT2D eigenvalue weighted by atomic mass is 14.1. The van der Waals surface area contributed by atoms with Crippen LogP contribution in [0.5, 0.6) is 0 Å². The van der Waals surface area contributed by atoms with E-state index >= 15 is 0 Å². The summed E-state index contributed by atoms with van der Waals surface area (Å²) in [6, 6.07) is 33.2. The van der Waals surface area contributed by atoms with E-state index in [1.165, 1.54) is 49.0 Å². The third-order valence-electron chi connectivity index (χ3n) is 5.09. The molecule has 5 rings (SSSR count). The fourth-order valence-corrected chi connectivity index (χ4v) is 3.78. The molecule has 0 spiro atoms. The molecule has 0 aliphatic heterocycles. The zero-order valence-electron chi connectivity index (χ0n) is 14.2. The fraction of sp³-hybridized carbons (Fsp3) is 0.0400. The Labute approximate surface area is 147 Å². The van der Waals surface area contributed by atoms with E-state index in [4.69, 9.17) is 0 Å². The molecule has 118 valence electrons. The number of rotatable bonds is 1. The Balaban J connectivity index is 1.93. The van der Waals surface area contributed by atoms with Crippen LogP contribution in [0.3, 0.4) is 0 Å². The lowest BCUT2D eigenvalue weighted by atomic mass is 9.92. The lowest BCUT2D eigenvalue weighted by Gasteiger charge is -2.12. The van der Waals surface area contributed by atoms with E-state index in [9.17, 15) is 0 Å². The van der Waals surface area contributed by atoms with Gasteiger partial charge in [0.05, 0.1) is 0 Å². The predicted octanol–water partition coefficient (Wildman–Crippen LogP) is 7.12. The van der Waals surface area contributed by atoms with Crippen LogP contribution in [0, 0.1) is 6.92 Å². The Bertz CT molecular complexity index is 1230. The summed E-state index contributed by atoms with van der Waals surface area (Å²) in [5.74, 6) is 0. The monoisotopic (exact) mass is 318 g/mol. The molecule has 0 saturated carbocycles. The van der Waals surface area contributed by atoms with Crippen molar-refractivity contribution in [3.63, 3.8) is 0 Å². The second-order valence-corrected chi connectivity index (χ2v) is 6.76. The lowest BCUT2D eigenvalue weighted by molar-refractivity contribution is 1.47. The molecule has 0 heteroatoms. The number of fused-ring (bicyclic) bond motifs is 4. The van der Waals surface area contributed by atoms with Crippen molar-refractivity contribution in [3.8, 4) is 11.1 Å². The topological polar surface area (TPSA) is 0 Å². The van der Waals surface area contributed by atoms with Crippen molar-refractivity contribution in [1.29, 1.82) is 0 Å². The summed E-state index contributed by atoms with van der Waals surface area (Å²) < 4.78 is 0. The van der Waals surface area contributed by atoms with Crippen LogP contribution in [0.15, 0.2) is 91.0 Å². The molecule has 0 nitrogen and oxygen atoms in total. The molecule has 0 atom stereocenters. The van der Waals surface area contributed by atoms with E-state index in [-0.39, 0.29) is 0 Å². The highest BCUT2D eigenvalue weighted by Gasteiger charge is 2.08. The van der Waals surface area contributed by atoms with Gasteiger partial charge in [-0.1, -0.05) is 84.4 Å². The van der Waals surface area contributed by atoms with Crippen LogP contribution in [-0.2, 0) is 0 Å². The van der Waals surface area contributed by atoms with Crippen LogP contribution in [0.4, 0.5) is 0 Å². The Morgan fingerprint density at radius 1 is 0.520 bits per heavy atom. The summed E-state index contributed by atoms with van der Waals surface area (Å²) in [6.07, 6.45) is 0. The van der Waals surface area contributed by atoms with Gasteiger partial charge in [-0.25, -0.2) is 0 Å². The van der Waals surface area contributed by atoms with Gasteiger partial charge in [0.15, 0.2) is 0 Å². The molecule has 0 unspecified atom stereocenters. The number of aryl methyl sites for hydroxylation is 1. The molecule has 0 N–H and O–H groups in total. The molecule has 5 aromatic carbocycles. The molecule has 25 heavy (non-hydrogen) atoms. The first-order chi connectivity index (χ1) is 12.3. The zero-order chi connectivity index (χ0) is 16.8. The van der Waals surface area contributed by atoms with Crippen LogP contribution in [-0.4, -0.2) is 0 Å². The van der Waals surface area contributed by atoms with Crippen molar-refractivity contribution in [1.82, 2.24) is 0 Å². The first kappa shape index (κ1) is 14.2. The Morgan fingerprint density at radius 2 is 1.20 bits per heavy atom. The number of benzene rings is 5. The fourth-order valence-electron chi connectivity index (χ4n) is 3.78. The molecule has 0 amide bonds. The van der Waals surface area contributed by atoms with Crippen molar-refractivity contribution in [2.45, 2.75) is 6.92 Å². The van der Waals surface area contributed by atoms with Crippen LogP contribution in [0.2, 0.25) is 0 Å². The molecule has 5 aromatic rings. The molecule has 0 heterocycles. The van der Waals surface area contributed by atoms with Crippen LogP contribution in [0.25, 0.3) is 43.4 Å². The summed E-state index contributed by atoms with van der Waals surface area (Å²) in [6.45, 7) is 2.13. The van der Waals surface area contributed by atoms with Gasteiger partial charge in [0.1, 0.15) is 0 Å². The smallest absolute Gasteiger partial charge is 0.00266 e. The van der Waals surface area contributed by atoms with Crippen molar-refractivity contribution in [3.05, 3.63) is 96.6 Å². The molecular formula is C25H18. The maximum atomic E-state index is 2.34. The third kappa shape index (κ3) is 2.30. The van der Waals surface area contributed by atoms with Gasteiger partial charge in [-0.05, 0) is 62.5 Å². The summed E-state index contributed by atoms with van der Waals surface area (Å²) in [7, 11) is 0. The molecule has 0 bridgehead atoms. The molecular weight excluding hydrogens is 300 g/mol. The Kier molecular flexibility index (Phi) is 3.11. The zero-order valence-corrected chi connectivity index (χ0v) is 14.2. The second-order valence-electron chi connectivity index (χ2n) is 6.76. The van der Waals surface area contributed by atoms with E-state index in [0.29, 0.717) is 0 Å². The van der Waals surface area contributed by atoms with Crippen LogP contribution < -0.4 is 0 Å². The maximum absolute atomic E-state index is 2.34. The van der Waals surface area contributed by atoms with E-state index < -0.39 is 0 Å². The van der Waals surface area contributed by atoms with E-state index in [1.807, 2.05) is 0 Å². The van der Waals surface area contributed by atoms with Gasteiger partial charge in [0, 0.05) is 0 Å². The molecule has 0 saturated heterocycles. The molecule has 0 aromatic heterocycles. The summed E-state index contributed by atoms with van der Waals surface area (Å²) in [5, 5.41) is 7.84. The normalized spacial score (nSPS) is 11.4. The van der Waals surface area contributed by atoms with Crippen molar-refractivity contribution in [2.24, 2.45) is 0 Å². The first-order valence-electron chi connectivity index (χ1n) is 8.71. The van der Waals surface area contributed by atoms with Gasteiger partial charge in [-0.15, -0.1) is 0 Å². The number of hydrogen-bond acceptors (Lipinski definition) is 0. The van der Waals surface area contributed by atoms with Crippen molar-refractivity contribution in [2.75, 3.05) is 0 Å². The summed E-state index contributed by atoms with van der Waals surface area (Å²) in [5.41, 5.74) is 3.87. The van der Waals surface area contributed by atoms with E-state index in [1.54, 1.807) is 0 Å². The van der Waals surface area contributed by atoms with E-state index in [0.717, 1.165) is 0 Å². The van der Waals surface area contributed by atoms with Gasteiger partial charge in [-0.2, -0.15) is 0 Å². The van der Waals surface area contributed by atoms with Crippen LogP contribution >= 0.6 is 0 Å². The Hall–Kier alpha value is -3.12. The summed E-state index contributed by atoms with van der Waals surface area (Å²) in [4.78, 5) is 0. The molecule has 0 aliphatic rings. The average molecular weight is 318 g/mol. The third-order valence-corrected chi connectivity index (χ3v) is 5.09. The first-order valence-corrected chi connectivity index (χ1v) is 8.71. The average Bonchev–Trinajstić information content (AvgIpc) is 2.66. The van der Waals surface area contributed by atoms with Gasteiger partial charge in [0.2, 0.25) is 0 Å². The van der Waals surface area contributed by atoms with Gasteiger partial charge in [0.25, 0.3) is 0 Å². The van der Waals surface area contributed by atoms with E-state index in [2.05, 4.69) is 97.9 Å². The van der Waals surface area contributed by atoms with Gasteiger partial charge >= 0.3 is 0 Å². The van der Waals surface area contributed by atoms with Gasteiger partial charge in [-0.3, -0.25) is 0 Å². The van der Waals surface area contributed by atoms with Crippen LogP contribution in [0.1, 0.15) is 5.56 Å². The number of hydrogen-bond donors (Lipinski definition) is 0. The quantitative estimate of drug-likeness (QED) is 0.228. The molecule has 0 radical (unpaired) electrons. The minimum atomic E-state index is 1.27. The minimum Gasteiger partial charge on any atom is -0.0616 e.